The molecule has 0 radical (unpaired) electrons. The highest BCUT2D eigenvalue weighted by molar-refractivity contribution is 14.1. The average Bonchev–Trinajstić information content (AvgIpc) is 2.91. The number of nitrogens with zero attached hydrogens (tertiary/aromatic N) is 3. The van der Waals surface area contributed by atoms with Gasteiger partial charge in [0.25, 0.3) is 0 Å². The van der Waals surface area contributed by atoms with Crippen molar-refractivity contribution in [1.29, 1.82) is 0 Å². The van der Waals surface area contributed by atoms with Crippen LogP contribution >= 0.6 is 22.6 Å². The largest absolute Gasteiger partial charge is 0.382 e. The Hall–Kier alpha value is -2.14. The van der Waals surface area contributed by atoms with Crippen LogP contribution in [0.1, 0.15) is 24.2 Å². The number of aromatic nitrogens is 3. The molecule has 2 aromatic heterocycles. The minimum Gasteiger partial charge on any atom is -0.382 e. The Labute approximate surface area is 153 Å². The van der Waals surface area contributed by atoms with Gasteiger partial charge in [0.05, 0.1) is 5.52 Å². The summed E-state index contributed by atoms with van der Waals surface area (Å²) in [4.78, 5) is 8.76. The molecule has 0 aliphatic carbocycles. The maximum absolute atomic E-state index is 13.6. The molecular formula is C18H16FIN4. The van der Waals surface area contributed by atoms with E-state index in [0.29, 0.717) is 24.2 Å². The lowest BCUT2D eigenvalue weighted by molar-refractivity contribution is 0.622. The van der Waals surface area contributed by atoms with Gasteiger partial charge in [0.1, 0.15) is 17.2 Å². The molecule has 24 heavy (non-hydrogen) atoms. The minimum absolute atomic E-state index is 0.249. The number of nitrogen functional groups attached to an aromatic ring is 1. The van der Waals surface area contributed by atoms with Gasteiger partial charge >= 0.3 is 0 Å². The summed E-state index contributed by atoms with van der Waals surface area (Å²) >= 11 is 2.21. The summed E-state index contributed by atoms with van der Waals surface area (Å²) in [5.74, 6) is 3.64. The first-order valence-corrected chi connectivity index (χ1v) is 8.65. The number of rotatable bonds is 5. The van der Waals surface area contributed by atoms with Crippen molar-refractivity contribution in [3.63, 3.8) is 0 Å². The fourth-order valence-corrected chi connectivity index (χ4v) is 3.22. The van der Waals surface area contributed by atoms with E-state index >= 15 is 0 Å². The van der Waals surface area contributed by atoms with Gasteiger partial charge in [-0.2, -0.15) is 0 Å². The van der Waals surface area contributed by atoms with Crippen LogP contribution in [0.15, 0.2) is 30.5 Å². The number of anilines is 1. The Morgan fingerprint density at radius 3 is 2.96 bits per heavy atom. The van der Waals surface area contributed by atoms with Crippen LogP contribution in [0, 0.1) is 21.7 Å². The standard InChI is InChI=1S/C18H16FIN4/c1-2-3-4-9-24-15-7-8-22-18(21)17(15)23-16(24)11-12-10-13(19)5-6-14(12)20/h1,5-8,10H,3-4,9,11H2,(H2,21,22). The predicted octanol–water partition coefficient (Wildman–Crippen LogP) is 3.76. The fraction of sp³-hybridized carbons (Fsp3) is 0.222. The van der Waals surface area contributed by atoms with Crippen LogP contribution in [-0.2, 0) is 13.0 Å². The van der Waals surface area contributed by atoms with Crippen LogP contribution in [-0.4, -0.2) is 14.5 Å². The molecule has 1 aromatic carbocycles. The van der Waals surface area contributed by atoms with Crippen molar-refractivity contribution in [3.8, 4) is 12.3 Å². The van der Waals surface area contributed by atoms with E-state index < -0.39 is 0 Å². The Kier molecular flexibility index (Phi) is 5.00. The third-order valence-electron chi connectivity index (χ3n) is 3.83. The van der Waals surface area contributed by atoms with Crippen LogP contribution in [0.4, 0.5) is 10.2 Å². The summed E-state index contributed by atoms with van der Waals surface area (Å²) in [7, 11) is 0. The van der Waals surface area contributed by atoms with E-state index in [1.807, 2.05) is 6.07 Å². The summed E-state index contributed by atoms with van der Waals surface area (Å²) in [5, 5.41) is 0. The zero-order chi connectivity index (χ0) is 17.1. The molecule has 0 saturated heterocycles. The lowest BCUT2D eigenvalue weighted by Crippen LogP contribution is -2.06. The molecule has 0 amide bonds. The summed E-state index contributed by atoms with van der Waals surface area (Å²) in [6.07, 6.45) is 9.09. The van der Waals surface area contributed by atoms with E-state index in [1.165, 1.54) is 6.07 Å². The van der Waals surface area contributed by atoms with Crippen LogP contribution in [0.25, 0.3) is 11.0 Å². The highest BCUT2D eigenvalue weighted by Gasteiger charge is 2.15. The number of halogens is 2. The number of benzene rings is 1. The number of terminal acetylenes is 1. The van der Waals surface area contributed by atoms with Crippen LogP contribution in [0.2, 0.25) is 0 Å². The van der Waals surface area contributed by atoms with Gasteiger partial charge in [-0.1, -0.05) is 0 Å². The van der Waals surface area contributed by atoms with Crippen molar-refractivity contribution in [3.05, 3.63) is 51.2 Å². The molecule has 0 aliphatic rings. The Bertz CT molecular complexity index is 927. The topological polar surface area (TPSA) is 56.7 Å². The van der Waals surface area contributed by atoms with E-state index in [1.54, 1.807) is 18.3 Å². The van der Waals surface area contributed by atoms with E-state index in [2.05, 4.69) is 43.0 Å². The molecule has 0 spiro atoms. The Balaban J connectivity index is 2.05. The van der Waals surface area contributed by atoms with Crippen molar-refractivity contribution in [2.75, 3.05) is 5.73 Å². The van der Waals surface area contributed by atoms with Crippen LogP contribution < -0.4 is 5.73 Å². The third kappa shape index (κ3) is 3.36. The molecule has 0 fully saturated rings. The number of fused-ring (bicyclic) bond motifs is 1. The molecule has 0 unspecified atom stereocenters. The van der Waals surface area contributed by atoms with Gasteiger partial charge in [-0.05, 0) is 58.8 Å². The number of nitrogens with two attached hydrogens (primary N) is 1. The maximum atomic E-state index is 13.6. The average molecular weight is 434 g/mol. The van der Waals surface area contributed by atoms with E-state index in [-0.39, 0.29) is 5.82 Å². The monoisotopic (exact) mass is 434 g/mol. The van der Waals surface area contributed by atoms with Gasteiger partial charge in [-0.3, -0.25) is 0 Å². The number of unbranched alkanes of at least 4 members (excludes halogenated alkanes) is 1. The molecule has 0 saturated carbocycles. The number of hydrogen-bond donors (Lipinski definition) is 1. The number of hydrogen-bond acceptors (Lipinski definition) is 3. The second-order valence-electron chi connectivity index (χ2n) is 5.46. The molecule has 0 atom stereocenters. The van der Waals surface area contributed by atoms with Crippen molar-refractivity contribution in [1.82, 2.24) is 14.5 Å². The van der Waals surface area contributed by atoms with Crippen LogP contribution in [0.3, 0.4) is 0 Å². The maximum Gasteiger partial charge on any atom is 0.151 e. The Morgan fingerprint density at radius 2 is 2.17 bits per heavy atom. The summed E-state index contributed by atoms with van der Waals surface area (Å²) in [6.45, 7) is 0.741. The quantitative estimate of drug-likeness (QED) is 0.378. The van der Waals surface area contributed by atoms with E-state index in [4.69, 9.17) is 12.2 Å². The Morgan fingerprint density at radius 1 is 1.33 bits per heavy atom. The fourth-order valence-electron chi connectivity index (χ4n) is 2.69. The minimum atomic E-state index is -0.249. The second kappa shape index (κ2) is 7.18. The first kappa shape index (κ1) is 16.7. The van der Waals surface area contributed by atoms with Gasteiger partial charge in [0.15, 0.2) is 5.82 Å². The van der Waals surface area contributed by atoms with Gasteiger partial charge in [-0.15, -0.1) is 12.3 Å². The number of pyridine rings is 1. The first-order chi connectivity index (χ1) is 11.6. The van der Waals surface area contributed by atoms with Crippen molar-refractivity contribution < 1.29 is 4.39 Å². The molecule has 6 heteroatoms. The molecule has 3 aromatic rings. The summed E-state index contributed by atoms with van der Waals surface area (Å²) < 4.78 is 16.7. The number of imidazole rings is 1. The smallest absolute Gasteiger partial charge is 0.151 e. The number of aryl methyl sites for hydroxylation is 1. The molecule has 2 heterocycles. The zero-order valence-electron chi connectivity index (χ0n) is 13.0. The summed E-state index contributed by atoms with van der Waals surface area (Å²) in [6, 6.07) is 6.68. The van der Waals surface area contributed by atoms with Crippen molar-refractivity contribution in [2.45, 2.75) is 25.8 Å². The molecule has 0 aliphatic heterocycles. The second-order valence-corrected chi connectivity index (χ2v) is 6.63. The normalized spacial score (nSPS) is 10.9. The summed E-state index contributed by atoms with van der Waals surface area (Å²) in [5.41, 5.74) is 8.47. The molecule has 122 valence electrons. The molecular weight excluding hydrogens is 418 g/mol. The SMILES string of the molecule is C#CCCCn1c(Cc2cc(F)ccc2I)nc2c(N)nccc21. The first-order valence-electron chi connectivity index (χ1n) is 7.57. The highest BCUT2D eigenvalue weighted by Crippen LogP contribution is 2.24. The molecule has 0 bridgehead atoms. The molecule has 2 N–H and O–H groups in total. The zero-order valence-corrected chi connectivity index (χ0v) is 15.1. The molecule has 4 nitrogen and oxygen atoms in total. The van der Waals surface area contributed by atoms with E-state index in [9.17, 15) is 4.39 Å². The van der Waals surface area contributed by atoms with E-state index in [0.717, 1.165) is 33.4 Å². The predicted molar refractivity (Wildman–Crippen MR) is 102 cm³/mol. The van der Waals surface area contributed by atoms with Gasteiger partial charge in [-0.25, -0.2) is 14.4 Å². The van der Waals surface area contributed by atoms with Crippen molar-refractivity contribution >= 4 is 39.4 Å². The van der Waals surface area contributed by atoms with Crippen LogP contribution in [0.5, 0.6) is 0 Å². The van der Waals surface area contributed by atoms with Crippen molar-refractivity contribution in [2.24, 2.45) is 0 Å². The lowest BCUT2D eigenvalue weighted by Gasteiger charge is -2.09. The van der Waals surface area contributed by atoms with Gasteiger partial charge in [0, 0.05) is 29.2 Å². The molecule has 3 rings (SSSR count). The lowest BCUT2D eigenvalue weighted by atomic mass is 10.1. The highest BCUT2D eigenvalue weighted by atomic mass is 127. The van der Waals surface area contributed by atoms with Gasteiger partial charge in [0.2, 0.25) is 0 Å². The van der Waals surface area contributed by atoms with Gasteiger partial charge < -0.3 is 10.3 Å². The third-order valence-corrected chi connectivity index (χ3v) is 4.89.